The zero-order valence-electron chi connectivity index (χ0n) is 18.9. The van der Waals surface area contributed by atoms with Crippen LogP contribution in [0.4, 0.5) is 5.00 Å². The predicted molar refractivity (Wildman–Crippen MR) is 138 cm³/mol. The van der Waals surface area contributed by atoms with Gasteiger partial charge in [0.05, 0.1) is 17.9 Å². The van der Waals surface area contributed by atoms with Crippen LogP contribution < -0.4 is 5.32 Å². The van der Waals surface area contributed by atoms with Crippen molar-refractivity contribution in [3.63, 3.8) is 0 Å². The predicted octanol–water partition coefficient (Wildman–Crippen LogP) is 5.54. The van der Waals surface area contributed by atoms with E-state index >= 15 is 0 Å². The van der Waals surface area contributed by atoms with E-state index in [-0.39, 0.29) is 17.6 Å². The first kappa shape index (κ1) is 23.1. The van der Waals surface area contributed by atoms with Crippen LogP contribution in [-0.4, -0.2) is 39.0 Å². The highest BCUT2D eigenvalue weighted by molar-refractivity contribution is 7.99. The normalized spacial score (nSPS) is 13.1. The van der Waals surface area contributed by atoms with Crippen molar-refractivity contribution >= 4 is 61.4 Å². The topological polar surface area (TPSA) is 86.1 Å². The number of ether oxygens (including phenoxy) is 1. The summed E-state index contributed by atoms with van der Waals surface area (Å²) in [6, 6.07) is 8.21. The molecule has 5 rings (SSSR count). The third kappa shape index (κ3) is 4.37. The highest BCUT2D eigenvalue weighted by Gasteiger charge is 2.27. The Morgan fingerprint density at radius 2 is 2.03 bits per heavy atom. The maximum Gasteiger partial charge on any atom is 0.341 e. The van der Waals surface area contributed by atoms with Crippen LogP contribution in [0, 0.1) is 0 Å². The van der Waals surface area contributed by atoms with E-state index in [4.69, 9.17) is 4.74 Å². The van der Waals surface area contributed by atoms with E-state index in [0.717, 1.165) is 48.0 Å². The fraction of sp³-hybridized carbons (Fsp3) is 0.333. The number of fused-ring (bicyclic) bond motifs is 2. The van der Waals surface area contributed by atoms with Crippen molar-refractivity contribution in [2.75, 3.05) is 17.7 Å². The van der Waals surface area contributed by atoms with Gasteiger partial charge >= 0.3 is 5.97 Å². The first-order valence-electron chi connectivity index (χ1n) is 11.2. The summed E-state index contributed by atoms with van der Waals surface area (Å²) in [6.07, 6.45) is 3.94. The number of thiophene rings is 2. The van der Waals surface area contributed by atoms with Gasteiger partial charge in [0.2, 0.25) is 5.91 Å². The van der Waals surface area contributed by atoms with Gasteiger partial charge in [-0.1, -0.05) is 30.0 Å². The van der Waals surface area contributed by atoms with Gasteiger partial charge in [-0.2, -0.15) is 0 Å². The van der Waals surface area contributed by atoms with E-state index in [1.54, 1.807) is 18.3 Å². The Morgan fingerprint density at radius 3 is 2.88 bits per heavy atom. The first-order chi connectivity index (χ1) is 16.6. The van der Waals surface area contributed by atoms with Crippen molar-refractivity contribution in [1.29, 1.82) is 0 Å². The summed E-state index contributed by atoms with van der Waals surface area (Å²) in [5.41, 5.74) is 2.61. The van der Waals surface area contributed by atoms with E-state index < -0.39 is 0 Å². The van der Waals surface area contributed by atoms with Crippen molar-refractivity contribution in [2.45, 2.75) is 37.8 Å². The lowest BCUT2D eigenvalue weighted by molar-refractivity contribution is -0.113. The number of amides is 1. The number of hydrogen-bond donors (Lipinski definition) is 1. The van der Waals surface area contributed by atoms with Crippen LogP contribution in [0.1, 0.15) is 40.6 Å². The zero-order valence-corrected chi connectivity index (χ0v) is 21.4. The van der Waals surface area contributed by atoms with Crippen LogP contribution in [0.2, 0.25) is 0 Å². The summed E-state index contributed by atoms with van der Waals surface area (Å²) in [4.78, 5) is 26.6. The molecule has 0 radical (unpaired) electrons. The summed E-state index contributed by atoms with van der Waals surface area (Å²) in [5.74, 6) is 0.405. The molecule has 1 aliphatic rings. The van der Waals surface area contributed by atoms with Gasteiger partial charge in [-0.05, 0) is 44.2 Å². The number of aryl methyl sites for hydroxylation is 1. The van der Waals surface area contributed by atoms with Gasteiger partial charge in [0, 0.05) is 33.0 Å². The summed E-state index contributed by atoms with van der Waals surface area (Å²) in [5, 5.41) is 16.1. The van der Waals surface area contributed by atoms with E-state index in [2.05, 4.69) is 33.0 Å². The van der Waals surface area contributed by atoms with Crippen molar-refractivity contribution < 1.29 is 14.3 Å². The molecule has 3 aromatic heterocycles. The van der Waals surface area contributed by atoms with Crippen LogP contribution in [0.25, 0.3) is 21.5 Å². The Labute approximate surface area is 209 Å². The summed E-state index contributed by atoms with van der Waals surface area (Å²) < 4.78 is 8.39. The molecule has 0 spiro atoms. The number of benzene rings is 1. The van der Waals surface area contributed by atoms with Gasteiger partial charge in [0.1, 0.15) is 5.00 Å². The van der Waals surface area contributed by atoms with Gasteiger partial charge < -0.3 is 14.6 Å². The average Bonchev–Trinajstić information content (AvgIpc) is 3.52. The lowest BCUT2D eigenvalue weighted by Gasteiger charge is -2.12. The standard InChI is InChI=1S/C24H24N4O3S3/c1-3-31-23(30)20-15-9-5-7-11-18(15)34-22(20)25-19(29)13-33-24-27-26-21(28(24)2)16-12-32-17-10-6-4-8-14(16)17/h4,6,8,10,12H,3,5,7,9,11,13H2,1-2H3,(H,25,29). The van der Waals surface area contributed by atoms with Crippen LogP contribution >= 0.6 is 34.4 Å². The smallest absolute Gasteiger partial charge is 0.341 e. The number of thioether (sulfide) groups is 1. The Bertz CT molecular complexity index is 1370. The molecule has 0 bridgehead atoms. The van der Waals surface area contributed by atoms with Crippen LogP contribution in [0.15, 0.2) is 34.8 Å². The van der Waals surface area contributed by atoms with Crippen LogP contribution in [0.3, 0.4) is 0 Å². The van der Waals surface area contributed by atoms with E-state index in [1.165, 1.54) is 32.7 Å². The van der Waals surface area contributed by atoms with Crippen LogP contribution in [-0.2, 0) is 29.4 Å². The number of esters is 1. The summed E-state index contributed by atoms with van der Waals surface area (Å²) in [6.45, 7) is 2.10. The number of hydrogen-bond acceptors (Lipinski definition) is 8. The Balaban J connectivity index is 1.31. The molecule has 34 heavy (non-hydrogen) atoms. The Hall–Kier alpha value is -2.69. The zero-order chi connectivity index (χ0) is 23.7. The molecular weight excluding hydrogens is 488 g/mol. The largest absolute Gasteiger partial charge is 0.462 e. The molecule has 0 saturated carbocycles. The molecule has 3 heterocycles. The number of nitrogens with one attached hydrogen (secondary N) is 1. The minimum Gasteiger partial charge on any atom is -0.462 e. The fourth-order valence-corrected chi connectivity index (χ4v) is 7.14. The van der Waals surface area contributed by atoms with Crippen LogP contribution in [0.5, 0.6) is 0 Å². The van der Waals surface area contributed by atoms with Gasteiger partial charge in [-0.25, -0.2) is 4.79 Å². The molecule has 1 aromatic carbocycles. The van der Waals surface area contributed by atoms with Gasteiger partial charge in [-0.3, -0.25) is 4.79 Å². The third-order valence-electron chi connectivity index (χ3n) is 5.79. The van der Waals surface area contributed by atoms with Gasteiger partial charge in [0.15, 0.2) is 11.0 Å². The molecule has 1 aliphatic carbocycles. The van der Waals surface area contributed by atoms with Crippen molar-refractivity contribution in [1.82, 2.24) is 14.8 Å². The van der Waals surface area contributed by atoms with E-state index in [0.29, 0.717) is 22.3 Å². The molecule has 10 heteroatoms. The average molecular weight is 513 g/mol. The number of carbonyl (C=O) groups is 2. The highest BCUT2D eigenvalue weighted by atomic mass is 32.2. The number of nitrogens with zero attached hydrogens (tertiary/aromatic N) is 3. The fourth-order valence-electron chi connectivity index (χ4n) is 4.19. The molecule has 0 saturated heterocycles. The SMILES string of the molecule is CCOC(=O)c1c(NC(=O)CSc2nnc(-c3csc4ccccc34)n2C)sc2c1CCCC2. The molecular formula is C24H24N4O3S3. The van der Waals surface area contributed by atoms with Crippen molar-refractivity contribution in [3.05, 3.63) is 45.6 Å². The maximum absolute atomic E-state index is 12.8. The second-order valence-electron chi connectivity index (χ2n) is 7.98. The molecule has 176 valence electrons. The van der Waals surface area contributed by atoms with E-state index in [9.17, 15) is 9.59 Å². The minimum absolute atomic E-state index is 0.168. The summed E-state index contributed by atoms with van der Waals surface area (Å²) >= 11 is 4.50. The lowest BCUT2D eigenvalue weighted by atomic mass is 9.95. The first-order valence-corrected chi connectivity index (χ1v) is 13.8. The maximum atomic E-state index is 12.8. The Kier molecular flexibility index (Phi) is 6.71. The molecule has 1 N–H and O–H groups in total. The second kappa shape index (κ2) is 9.89. The molecule has 0 aliphatic heterocycles. The van der Waals surface area contributed by atoms with Gasteiger partial charge in [-0.15, -0.1) is 32.9 Å². The molecule has 7 nitrogen and oxygen atoms in total. The Morgan fingerprint density at radius 1 is 1.21 bits per heavy atom. The number of anilines is 1. The van der Waals surface area contributed by atoms with Crippen molar-refractivity contribution in [3.8, 4) is 11.4 Å². The highest BCUT2D eigenvalue weighted by Crippen LogP contribution is 2.39. The monoisotopic (exact) mass is 512 g/mol. The lowest BCUT2D eigenvalue weighted by Crippen LogP contribution is -2.17. The number of rotatable bonds is 7. The minimum atomic E-state index is -0.356. The number of aromatic nitrogens is 3. The molecule has 0 unspecified atom stereocenters. The summed E-state index contributed by atoms with van der Waals surface area (Å²) in [7, 11) is 1.91. The number of carbonyl (C=O) groups excluding carboxylic acids is 2. The molecule has 4 aromatic rings. The second-order valence-corrected chi connectivity index (χ2v) is 10.9. The van der Waals surface area contributed by atoms with E-state index in [1.807, 2.05) is 23.7 Å². The quantitative estimate of drug-likeness (QED) is 0.258. The van der Waals surface area contributed by atoms with Crippen molar-refractivity contribution in [2.24, 2.45) is 7.05 Å². The molecule has 1 amide bonds. The third-order valence-corrected chi connectivity index (χ3v) is 8.98. The van der Waals surface area contributed by atoms with Gasteiger partial charge in [0.25, 0.3) is 0 Å². The molecule has 0 fully saturated rings. The molecule has 0 atom stereocenters.